The molecule has 160 valence electrons. The first kappa shape index (κ1) is 20.7. The zero-order valence-electron chi connectivity index (χ0n) is 16.9. The lowest BCUT2D eigenvalue weighted by atomic mass is 10.1. The lowest BCUT2D eigenvalue weighted by Gasteiger charge is -2.28. The van der Waals surface area contributed by atoms with E-state index in [1.165, 1.54) is 18.2 Å². The zero-order valence-corrected chi connectivity index (χ0v) is 16.9. The maximum absolute atomic E-state index is 13.9. The van der Waals surface area contributed by atoms with E-state index in [0.717, 1.165) is 25.9 Å². The van der Waals surface area contributed by atoms with Crippen LogP contribution in [0.25, 0.3) is 22.8 Å². The molecule has 8 nitrogen and oxygen atoms in total. The second-order valence-electron chi connectivity index (χ2n) is 7.35. The molecule has 9 heteroatoms. The Morgan fingerprint density at radius 1 is 1.16 bits per heavy atom. The monoisotopic (exact) mass is 424 g/mol. The maximum Gasteiger partial charge on any atom is 0.414 e. The molecule has 0 spiro atoms. The lowest BCUT2D eigenvalue weighted by Crippen LogP contribution is -2.39. The van der Waals surface area contributed by atoms with Gasteiger partial charge in [-0.25, -0.2) is 9.18 Å². The fourth-order valence-corrected chi connectivity index (χ4v) is 3.33. The van der Waals surface area contributed by atoms with Crippen molar-refractivity contribution in [2.45, 2.75) is 18.9 Å². The van der Waals surface area contributed by atoms with Crippen LogP contribution < -0.4 is 5.32 Å². The highest BCUT2D eigenvalue weighted by Crippen LogP contribution is 2.24. The molecule has 2 heterocycles. The summed E-state index contributed by atoms with van der Waals surface area (Å²) in [7, 11) is 2.01. The molecule has 1 saturated heterocycles. The number of amides is 2. The van der Waals surface area contributed by atoms with Crippen LogP contribution in [0.4, 0.5) is 9.18 Å². The Morgan fingerprint density at radius 3 is 2.71 bits per heavy atom. The summed E-state index contributed by atoms with van der Waals surface area (Å²) in [4.78, 5) is 30.9. The number of likely N-dealkylation sites (tertiary alicyclic amines) is 1. The normalized spacial score (nSPS) is 14.9. The van der Waals surface area contributed by atoms with E-state index >= 15 is 0 Å². The van der Waals surface area contributed by atoms with Gasteiger partial charge < -0.3 is 14.2 Å². The van der Waals surface area contributed by atoms with Crippen molar-refractivity contribution in [2.75, 3.05) is 20.1 Å². The van der Waals surface area contributed by atoms with E-state index in [2.05, 4.69) is 20.4 Å². The quantitative estimate of drug-likeness (QED) is 0.684. The van der Waals surface area contributed by atoms with E-state index in [9.17, 15) is 14.0 Å². The molecule has 1 N–H and O–H groups in total. The predicted molar refractivity (Wildman–Crippen MR) is 110 cm³/mol. The number of hydrogen-bond donors (Lipinski definition) is 1. The Kier molecular flexibility index (Phi) is 6.03. The molecule has 31 heavy (non-hydrogen) atoms. The van der Waals surface area contributed by atoms with Gasteiger partial charge in [-0.2, -0.15) is 4.98 Å². The molecule has 1 aliphatic heterocycles. The molecule has 2 aromatic carbocycles. The average Bonchev–Trinajstić information content (AvgIpc) is 3.26. The third kappa shape index (κ3) is 4.95. The molecule has 0 bridgehead atoms. The Labute approximate surface area is 178 Å². The van der Waals surface area contributed by atoms with Gasteiger partial charge in [-0.1, -0.05) is 29.4 Å². The van der Waals surface area contributed by atoms with Crippen molar-refractivity contribution >= 4 is 12.0 Å². The van der Waals surface area contributed by atoms with Gasteiger partial charge >= 0.3 is 6.09 Å². The number of nitrogens with zero attached hydrogens (tertiary/aromatic N) is 3. The summed E-state index contributed by atoms with van der Waals surface area (Å²) in [6.45, 7) is 1.68. The highest BCUT2D eigenvalue weighted by molar-refractivity contribution is 6.03. The number of nitrogens with one attached hydrogen (secondary N) is 1. The smallest absolute Gasteiger partial charge is 0.414 e. The number of piperidine rings is 1. The largest absolute Gasteiger partial charge is 0.446 e. The highest BCUT2D eigenvalue weighted by atomic mass is 19.1. The molecule has 0 radical (unpaired) electrons. The molecule has 0 atom stereocenters. The van der Waals surface area contributed by atoms with E-state index in [4.69, 9.17) is 9.26 Å². The summed E-state index contributed by atoms with van der Waals surface area (Å²) in [6.07, 6.45) is 0.490. The van der Waals surface area contributed by atoms with Crippen molar-refractivity contribution in [3.63, 3.8) is 0 Å². The molecular formula is C22H21FN4O4. The van der Waals surface area contributed by atoms with Gasteiger partial charge in [0, 0.05) is 24.2 Å². The third-order valence-electron chi connectivity index (χ3n) is 5.07. The van der Waals surface area contributed by atoms with Crippen molar-refractivity contribution in [2.24, 2.45) is 0 Å². The molecule has 3 aromatic rings. The summed E-state index contributed by atoms with van der Waals surface area (Å²) >= 11 is 0. The van der Waals surface area contributed by atoms with E-state index in [1.54, 1.807) is 30.3 Å². The second kappa shape index (κ2) is 9.05. The lowest BCUT2D eigenvalue weighted by molar-refractivity contribution is 0.0550. The Hall–Kier alpha value is -3.59. The number of benzene rings is 2. The van der Waals surface area contributed by atoms with Crippen molar-refractivity contribution < 1.29 is 23.2 Å². The van der Waals surface area contributed by atoms with Crippen LogP contribution in [0.5, 0.6) is 0 Å². The second-order valence-corrected chi connectivity index (χ2v) is 7.35. The van der Waals surface area contributed by atoms with Gasteiger partial charge in [-0.05, 0) is 44.2 Å². The summed E-state index contributed by atoms with van der Waals surface area (Å²) in [5.74, 6) is -0.849. The summed E-state index contributed by atoms with van der Waals surface area (Å²) < 4.78 is 24.4. The zero-order chi connectivity index (χ0) is 21.8. The maximum atomic E-state index is 13.9. The van der Waals surface area contributed by atoms with Crippen molar-refractivity contribution in [1.29, 1.82) is 0 Å². The molecule has 1 aliphatic rings. The minimum Gasteiger partial charge on any atom is -0.446 e. The Balaban J connectivity index is 1.43. The van der Waals surface area contributed by atoms with E-state index < -0.39 is 17.8 Å². The third-order valence-corrected chi connectivity index (χ3v) is 5.07. The summed E-state index contributed by atoms with van der Waals surface area (Å²) in [5.41, 5.74) is 0.907. The fraction of sp³-hybridized carbons (Fsp3) is 0.273. The van der Waals surface area contributed by atoms with Crippen molar-refractivity contribution in [3.05, 3.63) is 59.9 Å². The van der Waals surface area contributed by atoms with Crippen LogP contribution in [-0.4, -0.2) is 53.3 Å². The molecule has 1 aromatic heterocycles. The van der Waals surface area contributed by atoms with Crippen LogP contribution in [0, 0.1) is 5.82 Å². The molecule has 0 saturated carbocycles. The van der Waals surface area contributed by atoms with Crippen LogP contribution in [0.1, 0.15) is 23.2 Å². The van der Waals surface area contributed by atoms with Crippen LogP contribution in [0.15, 0.2) is 53.1 Å². The number of halogens is 1. The molecular weight excluding hydrogens is 403 g/mol. The van der Waals surface area contributed by atoms with Crippen LogP contribution in [-0.2, 0) is 4.74 Å². The van der Waals surface area contributed by atoms with Gasteiger partial charge in [0.1, 0.15) is 11.9 Å². The first-order valence-corrected chi connectivity index (χ1v) is 9.89. The van der Waals surface area contributed by atoms with Crippen LogP contribution in [0.3, 0.4) is 0 Å². The number of hydrogen-bond acceptors (Lipinski definition) is 7. The minimum atomic E-state index is -0.772. The average molecular weight is 424 g/mol. The number of carbonyl (C=O) groups is 2. The van der Waals surface area contributed by atoms with Gasteiger partial charge in [0.2, 0.25) is 5.82 Å². The topological polar surface area (TPSA) is 97.6 Å². The first-order valence-electron chi connectivity index (χ1n) is 9.89. The van der Waals surface area contributed by atoms with Crippen LogP contribution in [0.2, 0.25) is 0 Å². The number of ether oxygens (including phenoxy) is 1. The molecule has 1 fully saturated rings. The first-order chi connectivity index (χ1) is 15.0. The molecule has 4 rings (SSSR count). The van der Waals surface area contributed by atoms with Crippen LogP contribution >= 0.6 is 0 Å². The van der Waals surface area contributed by atoms with Gasteiger partial charge in [0.05, 0.1) is 5.56 Å². The van der Waals surface area contributed by atoms with Gasteiger partial charge in [-0.3, -0.25) is 10.1 Å². The number of imide groups is 1. The van der Waals surface area contributed by atoms with Gasteiger partial charge in [-0.15, -0.1) is 0 Å². The Morgan fingerprint density at radius 2 is 1.94 bits per heavy atom. The highest BCUT2D eigenvalue weighted by Gasteiger charge is 2.22. The number of rotatable bonds is 4. The summed E-state index contributed by atoms with van der Waals surface area (Å²) in [6, 6.07) is 12.5. The number of aromatic nitrogens is 2. The standard InChI is InChI=1S/C22H21FN4O4/c1-27-11-9-16(10-12-27)30-22(29)25-20(28)15-6-4-5-14(13-15)19-24-21(31-26-19)17-7-2-3-8-18(17)23/h2-8,13,16H,9-12H2,1H3,(H,25,28,29). The van der Waals surface area contributed by atoms with E-state index in [0.29, 0.717) is 5.56 Å². The van der Waals surface area contributed by atoms with Crippen molar-refractivity contribution in [1.82, 2.24) is 20.4 Å². The predicted octanol–water partition coefficient (Wildman–Crippen LogP) is 3.50. The van der Waals surface area contributed by atoms with Gasteiger partial charge in [0.15, 0.2) is 0 Å². The van der Waals surface area contributed by atoms with Crippen molar-refractivity contribution in [3.8, 4) is 22.8 Å². The molecule has 0 aliphatic carbocycles. The van der Waals surface area contributed by atoms with E-state index in [-0.39, 0.29) is 28.9 Å². The SMILES string of the molecule is CN1CCC(OC(=O)NC(=O)c2cccc(-c3noc(-c4ccccc4F)n3)c2)CC1. The van der Waals surface area contributed by atoms with Gasteiger partial charge in [0.25, 0.3) is 11.8 Å². The number of alkyl carbamates (subject to hydrolysis) is 1. The molecule has 0 unspecified atom stereocenters. The molecule has 2 amide bonds. The van der Waals surface area contributed by atoms with E-state index in [1.807, 2.05) is 7.05 Å². The fourth-order valence-electron chi connectivity index (χ4n) is 3.33. The summed E-state index contributed by atoms with van der Waals surface area (Å²) in [5, 5.41) is 6.11. The minimum absolute atomic E-state index is 0.0321. The Bertz CT molecular complexity index is 1090. The number of carbonyl (C=O) groups excluding carboxylic acids is 2.